The van der Waals surface area contributed by atoms with Crippen molar-refractivity contribution in [2.75, 3.05) is 10.6 Å². The van der Waals surface area contributed by atoms with Crippen molar-refractivity contribution in [3.8, 4) is 0 Å². The largest absolute Gasteiger partial charge is 0.324 e. The molecule has 3 N–H and O–H groups in total. The molecule has 2 amide bonds. The third-order valence-electron chi connectivity index (χ3n) is 4.62. The summed E-state index contributed by atoms with van der Waals surface area (Å²) in [5.74, 6) is 1.12. The van der Waals surface area contributed by atoms with Gasteiger partial charge < -0.3 is 5.32 Å². The van der Waals surface area contributed by atoms with E-state index in [9.17, 15) is 4.79 Å². The minimum Gasteiger partial charge on any atom is -0.305 e. The molecule has 0 aromatic carbocycles. The van der Waals surface area contributed by atoms with Gasteiger partial charge >= 0.3 is 6.03 Å². The van der Waals surface area contributed by atoms with Crippen molar-refractivity contribution in [3.63, 3.8) is 0 Å². The molecule has 2 aliphatic rings. The average molecular weight is 311 g/mol. The summed E-state index contributed by atoms with van der Waals surface area (Å²) in [4.78, 5) is 16.6. The lowest BCUT2D eigenvalue weighted by atomic mass is 10.1. The van der Waals surface area contributed by atoms with Crippen LogP contribution in [0.3, 0.4) is 0 Å². The maximum absolute atomic E-state index is 12.2. The molecule has 2 aromatic rings. The topological polar surface area (TPSA) is 82.7 Å². The highest BCUT2D eigenvalue weighted by Gasteiger charge is 2.28. The van der Waals surface area contributed by atoms with E-state index < -0.39 is 0 Å². The molecular weight excluding hydrogens is 290 g/mol. The van der Waals surface area contributed by atoms with Crippen LogP contribution in [0.5, 0.6) is 0 Å². The molecular formula is C17H21N5O. The van der Waals surface area contributed by atoms with E-state index >= 15 is 0 Å². The van der Waals surface area contributed by atoms with E-state index in [4.69, 9.17) is 0 Å². The van der Waals surface area contributed by atoms with E-state index in [0.29, 0.717) is 11.7 Å². The van der Waals surface area contributed by atoms with Crippen molar-refractivity contribution in [2.45, 2.75) is 50.9 Å². The zero-order valence-corrected chi connectivity index (χ0v) is 13.1. The molecule has 1 saturated carbocycles. The molecule has 2 heterocycles. The third kappa shape index (κ3) is 3.21. The molecule has 4 rings (SSSR count). The van der Waals surface area contributed by atoms with Crippen molar-refractivity contribution < 1.29 is 4.79 Å². The summed E-state index contributed by atoms with van der Waals surface area (Å²) in [5, 5.41) is 12.7. The highest BCUT2D eigenvalue weighted by molar-refractivity contribution is 5.99. The van der Waals surface area contributed by atoms with Gasteiger partial charge in [-0.15, -0.1) is 0 Å². The molecule has 6 heteroatoms. The predicted octanol–water partition coefficient (Wildman–Crippen LogP) is 3.60. The van der Waals surface area contributed by atoms with Crippen LogP contribution in [0, 0.1) is 0 Å². The van der Waals surface area contributed by atoms with Crippen molar-refractivity contribution in [2.24, 2.45) is 0 Å². The van der Waals surface area contributed by atoms with Crippen LogP contribution in [-0.2, 0) is 12.8 Å². The fourth-order valence-corrected chi connectivity index (χ4v) is 3.21. The number of hydrogen-bond acceptors (Lipinski definition) is 3. The molecule has 0 saturated heterocycles. The molecule has 0 bridgehead atoms. The second-order valence-electron chi connectivity index (χ2n) is 6.45. The standard InChI is InChI=1S/C17H21N5O/c23-17(20-14-10-19-22-16(14)11-6-7-11)21-15-8-12-4-2-1-3-5-13(12)9-18-15/h8-11H,1-7H2,(H,19,22)(H2,18,20,21,23). The lowest BCUT2D eigenvalue weighted by Gasteiger charge is -2.10. The van der Waals surface area contributed by atoms with Crippen molar-refractivity contribution >= 4 is 17.5 Å². The second kappa shape index (κ2) is 6.02. The number of nitrogens with one attached hydrogen (secondary N) is 3. The zero-order valence-electron chi connectivity index (χ0n) is 13.1. The smallest absolute Gasteiger partial charge is 0.305 e. The maximum atomic E-state index is 12.2. The van der Waals surface area contributed by atoms with Gasteiger partial charge in [0.2, 0.25) is 0 Å². The number of amides is 2. The summed E-state index contributed by atoms with van der Waals surface area (Å²) >= 11 is 0. The first-order chi connectivity index (χ1) is 11.3. The number of aromatic nitrogens is 3. The van der Waals surface area contributed by atoms with E-state index in [-0.39, 0.29) is 6.03 Å². The SMILES string of the molecule is O=C(Nc1cc2c(cn1)CCCCC2)Nc1cn[nH]c1C1CC1. The van der Waals surface area contributed by atoms with Gasteiger partial charge in [0.15, 0.2) is 0 Å². The molecule has 0 unspecified atom stereocenters. The number of anilines is 2. The maximum Gasteiger partial charge on any atom is 0.324 e. The van der Waals surface area contributed by atoms with Crippen molar-refractivity contribution in [3.05, 3.63) is 35.3 Å². The molecule has 1 fully saturated rings. The average Bonchev–Trinajstić information content (AvgIpc) is 3.32. The summed E-state index contributed by atoms with van der Waals surface area (Å²) in [6.45, 7) is 0. The molecule has 2 aliphatic carbocycles. The predicted molar refractivity (Wildman–Crippen MR) is 88.7 cm³/mol. The number of aryl methyl sites for hydroxylation is 2. The van der Waals surface area contributed by atoms with Crippen molar-refractivity contribution in [1.82, 2.24) is 15.2 Å². The molecule has 120 valence electrons. The molecule has 23 heavy (non-hydrogen) atoms. The number of rotatable bonds is 3. The van der Waals surface area contributed by atoms with E-state index in [1.807, 2.05) is 12.3 Å². The summed E-state index contributed by atoms with van der Waals surface area (Å²) < 4.78 is 0. The molecule has 0 radical (unpaired) electrons. The van der Waals surface area contributed by atoms with Crippen LogP contribution in [0.15, 0.2) is 18.5 Å². The van der Waals surface area contributed by atoms with Gasteiger partial charge in [-0.3, -0.25) is 10.4 Å². The monoisotopic (exact) mass is 311 g/mol. The van der Waals surface area contributed by atoms with Gasteiger partial charge in [0.25, 0.3) is 0 Å². The van der Waals surface area contributed by atoms with E-state index in [1.54, 1.807) is 6.20 Å². The number of nitrogens with zero attached hydrogens (tertiary/aromatic N) is 2. The number of aromatic amines is 1. The van der Waals surface area contributed by atoms with Crippen LogP contribution in [0.4, 0.5) is 16.3 Å². The first-order valence-corrected chi connectivity index (χ1v) is 8.38. The van der Waals surface area contributed by atoms with Gasteiger partial charge in [-0.2, -0.15) is 5.10 Å². The number of urea groups is 1. The Labute approximate surface area is 135 Å². The van der Waals surface area contributed by atoms with Gasteiger partial charge in [-0.05, 0) is 55.7 Å². The van der Waals surface area contributed by atoms with Crippen LogP contribution in [0.1, 0.15) is 54.8 Å². The minimum atomic E-state index is -0.269. The van der Waals surface area contributed by atoms with Crippen LogP contribution in [0.2, 0.25) is 0 Å². The number of hydrogen-bond donors (Lipinski definition) is 3. The molecule has 6 nitrogen and oxygen atoms in total. The summed E-state index contributed by atoms with van der Waals surface area (Å²) in [6, 6.07) is 1.74. The number of carbonyl (C=O) groups excluding carboxylic acids is 1. The number of fused-ring (bicyclic) bond motifs is 1. The van der Waals surface area contributed by atoms with Crippen molar-refractivity contribution in [1.29, 1.82) is 0 Å². The normalized spacial score (nSPS) is 17.2. The summed E-state index contributed by atoms with van der Waals surface area (Å²) in [5.41, 5.74) is 4.42. The summed E-state index contributed by atoms with van der Waals surface area (Å²) in [7, 11) is 0. The van der Waals surface area contributed by atoms with Crippen LogP contribution in [0.25, 0.3) is 0 Å². The fourth-order valence-electron chi connectivity index (χ4n) is 3.21. The third-order valence-corrected chi connectivity index (χ3v) is 4.62. The van der Waals surface area contributed by atoms with Gasteiger partial charge in [0.05, 0.1) is 17.6 Å². The zero-order chi connectivity index (χ0) is 15.6. The Morgan fingerprint density at radius 3 is 2.74 bits per heavy atom. The molecule has 0 atom stereocenters. The fraction of sp³-hybridized carbons (Fsp3) is 0.471. The lowest BCUT2D eigenvalue weighted by molar-refractivity contribution is 0.262. The van der Waals surface area contributed by atoms with Gasteiger partial charge in [0.1, 0.15) is 5.82 Å². The van der Waals surface area contributed by atoms with E-state index in [1.165, 1.54) is 30.4 Å². The van der Waals surface area contributed by atoms with Crippen LogP contribution < -0.4 is 10.6 Å². The van der Waals surface area contributed by atoms with Gasteiger partial charge in [-0.25, -0.2) is 9.78 Å². The highest BCUT2D eigenvalue weighted by Crippen LogP contribution is 2.42. The Balaban J connectivity index is 1.44. The van der Waals surface area contributed by atoms with Crippen LogP contribution >= 0.6 is 0 Å². The summed E-state index contributed by atoms with van der Waals surface area (Å²) in [6.07, 6.45) is 11.8. The Hall–Kier alpha value is -2.37. The number of H-pyrrole nitrogens is 1. The first kappa shape index (κ1) is 14.2. The Kier molecular flexibility index (Phi) is 3.73. The Morgan fingerprint density at radius 2 is 1.91 bits per heavy atom. The number of carbonyl (C=O) groups is 1. The Bertz CT molecular complexity index is 720. The molecule has 0 aliphatic heterocycles. The van der Waals surface area contributed by atoms with Gasteiger partial charge in [0, 0.05) is 12.1 Å². The first-order valence-electron chi connectivity index (χ1n) is 8.38. The highest BCUT2D eigenvalue weighted by atomic mass is 16.2. The van der Waals surface area contributed by atoms with Gasteiger partial charge in [-0.1, -0.05) is 6.42 Å². The number of pyridine rings is 1. The minimum absolute atomic E-state index is 0.269. The molecule has 2 aromatic heterocycles. The van der Waals surface area contributed by atoms with Crippen LogP contribution in [-0.4, -0.2) is 21.2 Å². The quantitative estimate of drug-likeness (QED) is 0.757. The Morgan fingerprint density at radius 1 is 1.09 bits per heavy atom. The van der Waals surface area contributed by atoms with E-state index in [2.05, 4.69) is 25.8 Å². The van der Waals surface area contributed by atoms with E-state index in [0.717, 1.165) is 37.1 Å². The second-order valence-corrected chi connectivity index (χ2v) is 6.45. The lowest BCUT2D eigenvalue weighted by Crippen LogP contribution is -2.20. The molecule has 0 spiro atoms.